The Morgan fingerprint density at radius 3 is 2.55 bits per heavy atom. The predicted molar refractivity (Wildman–Crippen MR) is 41.2 cm³/mol. The van der Waals surface area contributed by atoms with E-state index in [4.69, 9.17) is 14.9 Å². The van der Waals surface area contributed by atoms with Gasteiger partial charge < -0.3 is 14.9 Å². The fourth-order valence-electron chi connectivity index (χ4n) is 1.71. The number of aliphatic hydroxyl groups excluding tert-OH is 2. The van der Waals surface area contributed by atoms with Crippen LogP contribution in [0.15, 0.2) is 0 Å². The van der Waals surface area contributed by atoms with Gasteiger partial charge in [0.15, 0.2) is 0 Å². The highest BCUT2D eigenvalue weighted by molar-refractivity contribution is 4.90. The van der Waals surface area contributed by atoms with Gasteiger partial charge in [-0.2, -0.15) is 0 Å². The fourth-order valence-corrected chi connectivity index (χ4v) is 1.71. The molecular formula is C8H16O3. The molecule has 11 heavy (non-hydrogen) atoms. The zero-order chi connectivity index (χ0) is 8.48. The lowest BCUT2D eigenvalue weighted by molar-refractivity contribution is -0.0291. The molecule has 0 unspecified atom stereocenters. The Morgan fingerprint density at radius 1 is 1.55 bits per heavy atom. The van der Waals surface area contributed by atoms with Crippen molar-refractivity contribution >= 4 is 0 Å². The summed E-state index contributed by atoms with van der Waals surface area (Å²) in [5.74, 6) is 0. The zero-order valence-corrected chi connectivity index (χ0v) is 7.08. The molecule has 3 heteroatoms. The molecule has 0 spiro atoms. The highest BCUT2D eigenvalue weighted by Crippen LogP contribution is 2.37. The van der Waals surface area contributed by atoms with Crippen LogP contribution < -0.4 is 0 Å². The molecule has 1 aliphatic heterocycles. The molecule has 0 saturated carbocycles. The molecular weight excluding hydrogens is 144 g/mol. The molecule has 0 aromatic rings. The van der Waals surface area contributed by atoms with Crippen molar-refractivity contribution in [2.24, 2.45) is 5.41 Å². The van der Waals surface area contributed by atoms with E-state index < -0.39 is 0 Å². The molecule has 1 rings (SSSR count). The summed E-state index contributed by atoms with van der Waals surface area (Å²) in [6.07, 6.45) is 0.793. The van der Waals surface area contributed by atoms with Gasteiger partial charge in [-0.15, -0.1) is 0 Å². The molecule has 3 nitrogen and oxygen atoms in total. The van der Waals surface area contributed by atoms with Crippen molar-refractivity contribution < 1.29 is 14.9 Å². The number of hydrogen-bond acceptors (Lipinski definition) is 3. The Balaban J connectivity index is 2.63. The predicted octanol–water partition coefficient (Wildman–Crippen LogP) is 0.155. The van der Waals surface area contributed by atoms with E-state index in [9.17, 15) is 0 Å². The van der Waals surface area contributed by atoms with Crippen molar-refractivity contribution in [3.05, 3.63) is 0 Å². The van der Waals surface area contributed by atoms with E-state index in [1.165, 1.54) is 0 Å². The van der Waals surface area contributed by atoms with Crippen LogP contribution >= 0.6 is 0 Å². The second kappa shape index (κ2) is 3.09. The van der Waals surface area contributed by atoms with Gasteiger partial charge in [0.1, 0.15) is 0 Å². The molecule has 2 N–H and O–H groups in total. The minimum atomic E-state index is -0.242. The van der Waals surface area contributed by atoms with Gasteiger partial charge in [-0.25, -0.2) is 0 Å². The third-order valence-electron chi connectivity index (χ3n) is 2.45. The Bertz CT molecular complexity index is 137. The van der Waals surface area contributed by atoms with E-state index in [0.717, 1.165) is 6.42 Å². The lowest BCUT2D eigenvalue weighted by atomic mass is 9.83. The summed E-state index contributed by atoms with van der Waals surface area (Å²) in [6.45, 7) is 3.99. The molecule has 3 atom stereocenters. The minimum Gasteiger partial charge on any atom is -0.396 e. The Hall–Kier alpha value is -0.120. The van der Waals surface area contributed by atoms with E-state index in [2.05, 4.69) is 0 Å². The monoisotopic (exact) mass is 160 g/mol. The first-order valence-corrected chi connectivity index (χ1v) is 3.99. The van der Waals surface area contributed by atoms with Crippen LogP contribution in [0, 0.1) is 5.41 Å². The fraction of sp³-hybridized carbons (Fsp3) is 1.00. The number of ether oxygens (including phenoxy) is 1. The molecule has 1 heterocycles. The highest BCUT2D eigenvalue weighted by atomic mass is 16.5. The molecule has 1 fully saturated rings. The van der Waals surface area contributed by atoms with Crippen molar-refractivity contribution in [1.82, 2.24) is 0 Å². The average molecular weight is 160 g/mol. The van der Waals surface area contributed by atoms with E-state index in [-0.39, 0.29) is 30.8 Å². The van der Waals surface area contributed by atoms with Gasteiger partial charge in [0, 0.05) is 5.41 Å². The van der Waals surface area contributed by atoms with Crippen LogP contribution in [0.2, 0.25) is 0 Å². The van der Waals surface area contributed by atoms with Crippen molar-refractivity contribution in [3.8, 4) is 0 Å². The SMILES string of the molecule is C[C@@H]1C[C@@](C)(CO)[C@H](CO)O1. The van der Waals surface area contributed by atoms with Crippen LogP contribution in [0.1, 0.15) is 20.3 Å². The van der Waals surface area contributed by atoms with Crippen LogP contribution in [0.3, 0.4) is 0 Å². The summed E-state index contributed by atoms with van der Waals surface area (Å²) in [6, 6.07) is 0. The normalized spacial score (nSPS) is 44.7. The van der Waals surface area contributed by atoms with Gasteiger partial charge in [-0.3, -0.25) is 0 Å². The molecule has 66 valence electrons. The second-order valence-corrected chi connectivity index (χ2v) is 3.63. The van der Waals surface area contributed by atoms with E-state index >= 15 is 0 Å². The first kappa shape index (κ1) is 8.97. The first-order valence-electron chi connectivity index (χ1n) is 3.99. The van der Waals surface area contributed by atoms with E-state index in [1.54, 1.807) is 0 Å². The lowest BCUT2D eigenvalue weighted by Gasteiger charge is -2.25. The van der Waals surface area contributed by atoms with Crippen LogP contribution in [0.25, 0.3) is 0 Å². The molecule has 0 radical (unpaired) electrons. The van der Waals surface area contributed by atoms with E-state index in [0.29, 0.717) is 0 Å². The second-order valence-electron chi connectivity index (χ2n) is 3.63. The van der Waals surface area contributed by atoms with Crippen LogP contribution in [0.5, 0.6) is 0 Å². The number of aliphatic hydroxyl groups is 2. The number of hydrogen-bond donors (Lipinski definition) is 2. The zero-order valence-electron chi connectivity index (χ0n) is 7.08. The van der Waals surface area contributed by atoms with Gasteiger partial charge in [0.25, 0.3) is 0 Å². The smallest absolute Gasteiger partial charge is 0.0885 e. The van der Waals surface area contributed by atoms with Crippen LogP contribution in [0.4, 0.5) is 0 Å². The summed E-state index contributed by atoms with van der Waals surface area (Å²) in [5, 5.41) is 18.0. The topological polar surface area (TPSA) is 49.7 Å². The average Bonchev–Trinajstić information content (AvgIpc) is 2.27. The lowest BCUT2D eigenvalue weighted by Crippen LogP contribution is -2.34. The Labute approximate surface area is 67.0 Å². The van der Waals surface area contributed by atoms with Crippen LogP contribution in [-0.2, 0) is 4.74 Å². The minimum absolute atomic E-state index is 0.00139. The van der Waals surface area contributed by atoms with Crippen molar-refractivity contribution in [3.63, 3.8) is 0 Å². The quantitative estimate of drug-likeness (QED) is 0.604. The van der Waals surface area contributed by atoms with E-state index in [1.807, 2.05) is 13.8 Å². The maximum Gasteiger partial charge on any atom is 0.0885 e. The molecule has 0 aromatic carbocycles. The Morgan fingerprint density at radius 2 is 2.18 bits per heavy atom. The Kier molecular flexibility index (Phi) is 2.52. The molecule has 0 aliphatic carbocycles. The summed E-state index contributed by atoms with van der Waals surface area (Å²) < 4.78 is 5.41. The third-order valence-corrected chi connectivity index (χ3v) is 2.45. The molecule has 1 aliphatic rings. The molecule has 0 amide bonds. The standard InChI is InChI=1S/C8H16O3/c1-6-3-8(2,5-10)7(4-9)11-6/h6-7,9-10H,3-5H2,1-2H3/t6-,7+,8+/m1/s1. The molecule has 0 aromatic heterocycles. The van der Waals surface area contributed by atoms with Gasteiger partial charge >= 0.3 is 0 Å². The summed E-state index contributed by atoms with van der Waals surface area (Å²) >= 11 is 0. The highest BCUT2D eigenvalue weighted by Gasteiger charge is 2.42. The van der Waals surface area contributed by atoms with Gasteiger partial charge in [0.2, 0.25) is 0 Å². The number of rotatable bonds is 2. The van der Waals surface area contributed by atoms with Gasteiger partial charge in [0.05, 0.1) is 25.4 Å². The maximum absolute atomic E-state index is 9.05. The van der Waals surface area contributed by atoms with Crippen molar-refractivity contribution in [2.75, 3.05) is 13.2 Å². The van der Waals surface area contributed by atoms with Gasteiger partial charge in [-0.05, 0) is 13.3 Å². The van der Waals surface area contributed by atoms with Crippen molar-refractivity contribution in [2.45, 2.75) is 32.5 Å². The summed E-state index contributed by atoms with van der Waals surface area (Å²) in [4.78, 5) is 0. The molecule has 1 saturated heterocycles. The maximum atomic E-state index is 9.05. The first-order chi connectivity index (χ1) is 5.12. The van der Waals surface area contributed by atoms with Crippen LogP contribution in [-0.4, -0.2) is 35.6 Å². The molecule has 0 bridgehead atoms. The summed E-state index contributed by atoms with van der Waals surface area (Å²) in [5.41, 5.74) is -0.242. The largest absolute Gasteiger partial charge is 0.396 e. The van der Waals surface area contributed by atoms with Gasteiger partial charge in [-0.1, -0.05) is 6.92 Å². The van der Waals surface area contributed by atoms with Crippen molar-refractivity contribution in [1.29, 1.82) is 0 Å². The summed E-state index contributed by atoms with van der Waals surface area (Å²) in [7, 11) is 0. The third kappa shape index (κ3) is 1.55.